The van der Waals surface area contributed by atoms with Crippen molar-refractivity contribution in [2.45, 2.75) is 35.9 Å². The number of rotatable bonds is 9. The zero-order chi connectivity index (χ0) is 26.7. The van der Waals surface area contributed by atoms with Gasteiger partial charge in [-0.15, -0.1) is 11.3 Å². The molecule has 0 saturated carbocycles. The van der Waals surface area contributed by atoms with Crippen LogP contribution in [-0.2, 0) is 10.0 Å². The number of sulfonamides is 1. The molecule has 0 aliphatic carbocycles. The van der Waals surface area contributed by atoms with Gasteiger partial charge in [-0.05, 0) is 43.2 Å². The molecule has 3 N–H and O–H groups in total. The number of nitrogens with two attached hydrogens (primary N) is 1. The third kappa shape index (κ3) is 5.45. The van der Waals surface area contributed by atoms with Crippen LogP contribution in [0.3, 0.4) is 0 Å². The van der Waals surface area contributed by atoms with Crippen molar-refractivity contribution in [2.24, 2.45) is 5.73 Å². The Morgan fingerprint density at radius 3 is 2.51 bits per heavy atom. The van der Waals surface area contributed by atoms with Crippen molar-refractivity contribution in [1.82, 2.24) is 4.31 Å². The molecule has 4 rings (SSSR count). The lowest BCUT2D eigenvalue weighted by Gasteiger charge is -2.32. The molecule has 10 nitrogen and oxygen atoms in total. The topological polar surface area (TPSA) is 145 Å². The van der Waals surface area contributed by atoms with Crippen LogP contribution in [0.1, 0.15) is 46.5 Å². The minimum atomic E-state index is -3.75. The number of carbonyl (C=O) groups is 1. The minimum absolute atomic E-state index is 0.0455. The highest BCUT2D eigenvalue weighted by Crippen LogP contribution is 2.39. The maximum atomic E-state index is 13.4. The van der Waals surface area contributed by atoms with Crippen molar-refractivity contribution >= 4 is 38.6 Å². The molecule has 12 heteroatoms. The summed E-state index contributed by atoms with van der Waals surface area (Å²) in [5.41, 5.74) is 6.33. The lowest BCUT2D eigenvalue weighted by molar-refractivity contribution is -0.385. The average Bonchev–Trinajstić information content (AvgIpc) is 3.40. The highest BCUT2D eigenvalue weighted by molar-refractivity contribution is 7.91. The fourth-order valence-electron chi connectivity index (χ4n) is 4.58. The van der Waals surface area contributed by atoms with Crippen LogP contribution in [0.25, 0.3) is 0 Å². The number of ether oxygens (including phenoxy) is 1. The molecule has 37 heavy (non-hydrogen) atoms. The van der Waals surface area contributed by atoms with E-state index in [-0.39, 0.29) is 27.1 Å². The molecule has 1 aliphatic heterocycles. The van der Waals surface area contributed by atoms with Gasteiger partial charge in [0.15, 0.2) is 0 Å². The summed E-state index contributed by atoms with van der Waals surface area (Å²) in [6, 6.07) is 15.0. The second-order valence-corrected chi connectivity index (χ2v) is 12.0. The monoisotopic (exact) mass is 544 g/mol. The van der Waals surface area contributed by atoms with Crippen LogP contribution in [0.5, 0.6) is 5.75 Å². The molecule has 3 aromatic rings. The molecule has 1 saturated heterocycles. The molecule has 0 spiro atoms. The van der Waals surface area contributed by atoms with Gasteiger partial charge >= 0.3 is 0 Å². The Bertz CT molecular complexity index is 1380. The van der Waals surface area contributed by atoms with Gasteiger partial charge in [0, 0.05) is 41.6 Å². The van der Waals surface area contributed by atoms with Crippen molar-refractivity contribution in [3.63, 3.8) is 0 Å². The molecule has 1 aromatic heterocycles. The number of benzene rings is 2. The number of nitrogens with zero attached hydrogens (tertiary/aromatic N) is 2. The highest BCUT2D eigenvalue weighted by atomic mass is 32.2. The van der Waals surface area contributed by atoms with Gasteiger partial charge in [-0.3, -0.25) is 14.9 Å². The van der Waals surface area contributed by atoms with E-state index in [0.29, 0.717) is 30.8 Å². The Morgan fingerprint density at radius 2 is 1.86 bits per heavy atom. The third-order valence-corrected chi connectivity index (χ3v) is 10.2. The Morgan fingerprint density at radius 1 is 1.16 bits per heavy atom. The van der Waals surface area contributed by atoms with Gasteiger partial charge < -0.3 is 15.8 Å². The summed E-state index contributed by atoms with van der Waals surface area (Å²) in [4.78, 5) is 23.6. The van der Waals surface area contributed by atoms with Crippen LogP contribution < -0.4 is 15.8 Å². The smallest absolute Gasteiger partial charge is 0.274 e. The standard InChI is InChI=1S/C25H28N4O6S2/c1-16(24-18(25(26)30)6-5-8-20(24)29(31)32)22-10-11-23(36-22)37(33,34)28-14-12-17(13-15-28)27-19-7-3-4-9-21(19)35-2/h3-11,16-17,27H,12-15H2,1-2H3,(H2,26,30). The third-order valence-electron chi connectivity index (χ3n) is 6.52. The zero-order valence-electron chi connectivity index (χ0n) is 20.4. The number of nitro benzene ring substituents is 1. The van der Waals surface area contributed by atoms with Crippen molar-refractivity contribution in [3.05, 3.63) is 80.7 Å². The van der Waals surface area contributed by atoms with Crippen molar-refractivity contribution in [3.8, 4) is 5.75 Å². The summed E-state index contributed by atoms with van der Waals surface area (Å²) in [7, 11) is -2.14. The molecule has 0 radical (unpaired) electrons. The fraction of sp³-hybridized carbons (Fsp3) is 0.320. The van der Waals surface area contributed by atoms with Crippen LogP contribution in [0.4, 0.5) is 11.4 Å². The number of nitro groups is 1. The second-order valence-electron chi connectivity index (χ2n) is 8.76. The SMILES string of the molecule is COc1ccccc1NC1CCN(S(=O)(=O)c2ccc(C(C)c3c(C(N)=O)cccc3[N+](=O)[O-])s2)CC1. The van der Waals surface area contributed by atoms with Gasteiger partial charge in [-0.2, -0.15) is 4.31 Å². The molecule has 0 bridgehead atoms. The lowest BCUT2D eigenvalue weighted by Crippen LogP contribution is -2.42. The van der Waals surface area contributed by atoms with E-state index in [0.717, 1.165) is 22.8 Å². The Hall–Kier alpha value is -3.48. The first-order valence-electron chi connectivity index (χ1n) is 11.7. The number of carbonyl (C=O) groups excluding carboxylic acids is 1. The molecule has 196 valence electrons. The van der Waals surface area contributed by atoms with Crippen molar-refractivity contribution in [1.29, 1.82) is 0 Å². The maximum Gasteiger partial charge on any atom is 0.274 e. The minimum Gasteiger partial charge on any atom is -0.495 e. The molecule has 1 unspecified atom stereocenters. The van der Waals surface area contributed by atoms with Crippen LogP contribution in [0, 0.1) is 10.1 Å². The van der Waals surface area contributed by atoms with E-state index in [2.05, 4.69) is 5.32 Å². The summed E-state index contributed by atoms with van der Waals surface area (Å²) in [6.07, 6.45) is 1.26. The number of methoxy groups -OCH3 is 1. The molecule has 1 amide bonds. The van der Waals surface area contributed by atoms with Gasteiger partial charge in [0.2, 0.25) is 5.91 Å². The van der Waals surface area contributed by atoms with Crippen LogP contribution in [0.15, 0.2) is 58.8 Å². The second kappa shape index (κ2) is 10.9. The van der Waals surface area contributed by atoms with Gasteiger partial charge in [0.25, 0.3) is 15.7 Å². The maximum absolute atomic E-state index is 13.4. The predicted molar refractivity (Wildman–Crippen MR) is 142 cm³/mol. The summed E-state index contributed by atoms with van der Waals surface area (Å²) < 4.78 is 33.8. The van der Waals surface area contributed by atoms with Crippen LogP contribution in [-0.4, -0.2) is 49.8 Å². The van der Waals surface area contributed by atoms with E-state index in [1.165, 1.54) is 28.6 Å². The van der Waals surface area contributed by atoms with E-state index in [1.54, 1.807) is 20.1 Å². The van der Waals surface area contributed by atoms with E-state index in [1.807, 2.05) is 24.3 Å². The van der Waals surface area contributed by atoms with Gasteiger partial charge in [0.05, 0.1) is 23.3 Å². The number of hydrogen-bond donors (Lipinski definition) is 2. The molecule has 1 atom stereocenters. The van der Waals surface area contributed by atoms with E-state index < -0.39 is 26.8 Å². The average molecular weight is 545 g/mol. The number of nitrogens with one attached hydrogen (secondary N) is 1. The number of primary amides is 1. The quantitative estimate of drug-likeness (QED) is 0.304. The Labute approximate surface area is 219 Å². The summed E-state index contributed by atoms with van der Waals surface area (Å²) in [6.45, 7) is 2.41. The normalized spacial score (nSPS) is 15.7. The van der Waals surface area contributed by atoms with Crippen LogP contribution >= 0.6 is 11.3 Å². The lowest BCUT2D eigenvalue weighted by atomic mass is 9.92. The first-order valence-corrected chi connectivity index (χ1v) is 14.0. The van der Waals surface area contributed by atoms with E-state index >= 15 is 0 Å². The molecule has 2 aromatic carbocycles. The highest BCUT2D eigenvalue weighted by Gasteiger charge is 2.32. The molecule has 2 heterocycles. The van der Waals surface area contributed by atoms with Gasteiger partial charge in [0.1, 0.15) is 9.96 Å². The number of amides is 1. The fourth-order valence-corrected chi connectivity index (χ4v) is 7.59. The Kier molecular flexibility index (Phi) is 7.81. The van der Waals surface area contributed by atoms with Crippen molar-refractivity contribution in [2.75, 3.05) is 25.5 Å². The largest absolute Gasteiger partial charge is 0.495 e. The zero-order valence-corrected chi connectivity index (χ0v) is 22.1. The molecule has 1 aliphatic rings. The van der Waals surface area contributed by atoms with E-state index in [4.69, 9.17) is 10.5 Å². The number of thiophene rings is 1. The number of hydrogen-bond acceptors (Lipinski definition) is 8. The number of anilines is 1. The van der Waals surface area contributed by atoms with E-state index in [9.17, 15) is 23.3 Å². The number of piperidine rings is 1. The summed E-state index contributed by atoms with van der Waals surface area (Å²) in [5, 5.41) is 15.1. The van der Waals surface area contributed by atoms with Crippen molar-refractivity contribution < 1.29 is 22.9 Å². The summed E-state index contributed by atoms with van der Waals surface area (Å²) in [5.74, 6) is -0.649. The Balaban J connectivity index is 1.50. The van der Waals surface area contributed by atoms with Gasteiger partial charge in [-0.25, -0.2) is 8.42 Å². The molecular formula is C25H28N4O6S2. The first-order chi connectivity index (χ1) is 17.6. The van der Waals surface area contributed by atoms with Crippen LogP contribution in [0.2, 0.25) is 0 Å². The molecule has 1 fully saturated rings. The predicted octanol–water partition coefficient (Wildman–Crippen LogP) is 4.18. The first kappa shape index (κ1) is 26.6. The summed E-state index contributed by atoms with van der Waals surface area (Å²) >= 11 is 1.05. The van der Waals surface area contributed by atoms with Gasteiger partial charge in [-0.1, -0.05) is 25.1 Å². The molecular weight excluding hydrogens is 516 g/mol. The number of para-hydroxylation sites is 2.